The number of nitrogen functional groups attached to an aromatic ring is 1. The van der Waals surface area contributed by atoms with Crippen molar-refractivity contribution in [3.8, 4) is 0 Å². The van der Waals surface area contributed by atoms with Crippen molar-refractivity contribution in [1.29, 1.82) is 0 Å². The Morgan fingerprint density at radius 2 is 2.25 bits per heavy atom. The number of rotatable bonds is 3. The van der Waals surface area contributed by atoms with Crippen LogP contribution in [-0.4, -0.2) is 29.9 Å². The summed E-state index contributed by atoms with van der Waals surface area (Å²) in [6.07, 6.45) is 3.19. The third-order valence-corrected chi connectivity index (χ3v) is 3.90. The molecule has 0 saturated heterocycles. The highest BCUT2D eigenvalue weighted by Gasteiger charge is 2.22. The Morgan fingerprint density at radius 3 is 2.85 bits per heavy atom. The third kappa shape index (κ3) is 3.52. The quantitative estimate of drug-likeness (QED) is 0.665. The first kappa shape index (κ1) is 14.9. The van der Waals surface area contributed by atoms with Gasteiger partial charge in [-0.15, -0.1) is 0 Å². The molecule has 1 aliphatic rings. The molecule has 1 unspecified atom stereocenters. The molecule has 0 fully saturated rings. The summed E-state index contributed by atoms with van der Waals surface area (Å²) in [5.74, 6) is -0.0491. The Hall–Kier alpha value is -1.52. The molecule has 0 radical (unpaired) electrons. The summed E-state index contributed by atoms with van der Waals surface area (Å²) >= 11 is 5.84. The van der Waals surface area contributed by atoms with Crippen LogP contribution in [0.25, 0.3) is 0 Å². The molecular weight excluding hydrogens is 274 g/mol. The van der Waals surface area contributed by atoms with Crippen molar-refractivity contribution in [1.82, 2.24) is 4.90 Å². The molecule has 0 aromatic heterocycles. The maximum absolute atomic E-state index is 12.3. The fourth-order valence-electron chi connectivity index (χ4n) is 2.19. The molecule has 1 amide bonds. The highest BCUT2D eigenvalue weighted by atomic mass is 35.5. The van der Waals surface area contributed by atoms with Crippen molar-refractivity contribution in [2.75, 3.05) is 24.1 Å². The van der Waals surface area contributed by atoms with E-state index >= 15 is 0 Å². The van der Waals surface area contributed by atoms with E-state index in [2.05, 4.69) is 23.2 Å². The molecule has 3 N–H and O–H groups in total. The fourth-order valence-corrected chi connectivity index (χ4v) is 2.37. The van der Waals surface area contributed by atoms with Gasteiger partial charge in [0.15, 0.2) is 0 Å². The van der Waals surface area contributed by atoms with Gasteiger partial charge in [0.05, 0.1) is 17.4 Å². The molecule has 108 valence electrons. The average molecular weight is 294 g/mol. The van der Waals surface area contributed by atoms with Crippen LogP contribution in [0.5, 0.6) is 0 Å². The maximum atomic E-state index is 12.3. The van der Waals surface area contributed by atoms with Crippen LogP contribution in [0.1, 0.15) is 20.3 Å². The van der Waals surface area contributed by atoms with E-state index in [0.717, 1.165) is 19.5 Å². The van der Waals surface area contributed by atoms with Gasteiger partial charge in [0.1, 0.15) is 0 Å². The standard InChI is InChI=1S/C15H20ClN3O/c1-10-5-7-19(8-6-10)11(2)15(20)18-14-4-3-12(16)9-13(14)17/h3-5,9,11H,6-8,17H2,1-2H3,(H,18,20). The molecule has 0 saturated carbocycles. The molecule has 1 heterocycles. The van der Waals surface area contributed by atoms with Gasteiger partial charge in [0, 0.05) is 18.1 Å². The Bertz CT molecular complexity index is 542. The molecule has 0 aliphatic carbocycles. The Morgan fingerprint density at radius 1 is 1.50 bits per heavy atom. The van der Waals surface area contributed by atoms with Gasteiger partial charge in [0.25, 0.3) is 0 Å². The largest absolute Gasteiger partial charge is 0.397 e. The normalized spacial score (nSPS) is 17.4. The van der Waals surface area contributed by atoms with Crippen LogP contribution in [-0.2, 0) is 4.79 Å². The van der Waals surface area contributed by atoms with E-state index < -0.39 is 0 Å². The molecule has 4 nitrogen and oxygen atoms in total. The van der Waals surface area contributed by atoms with Crippen molar-refractivity contribution < 1.29 is 4.79 Å². The summed E-state index contributed by atoms with van der Waals surface area (Å²) in [6.45, 7) is 5.76. The zero-order chi connectivity index (χ0) is 14.7. The molecule has 0 spiro atoms. The predicted octanol–water partition coefficient (Wildman–Crippen LogP) is 2.90. The van der Waals surface area contributed by atoms with Crippen molar-refractivity contribution in [2.45, 2.75) is 26.3 Å². The number of carbonyl (C=O) groups excluding carboxylic acids is 1. The summed E-state index contributed by atoms with van der Waals surface area (Å²) in [5, 5.41) is 3.42. The number of benzene rings is 1. The predicted molar refractivity (Wildman–Crippen MR) is 83.9 cm³/mol. The van der Waals surface area contributed by atoms with Gasteiger partial charge in [-0.3, -0.25) is 9.69 Å². The summed E-state index contributed by atoms with van der Waals surface area (Å²) in [4.78, 5) is 14.4. The van der Waals surface area contributed by atoms with Gasteiger partial charge in [0.2, 0.25) is 5.91 Å². The summed E-state index contributed by atoms with van der Waals surface area (Å²) in [5.41, 5.74) is 8.31. The fraction of sp³-hybridized carbons (Fsp3) is 0.400. The number of nitrogens with two attached hydrogens (primary N) is 1. The summed E-state index contributed by atoms with van der Waals surface area (Å²) < 4.78 is 0. The van der Waals surface area contributed by atoms with E-state index in [1.807, 2.05) is 6.92 Å². The Kier molecular flexibility index (Phi) is 4.68. The molecule has 1 atom stereocenters. The zero-order valence-electron chi connectivity index (χ0n) is 11.8. The minimum atomic E-state index is -0.186. The molecule has 2 rings (SSSR count). The molecule has 0 bridgehead atoms. The van der Waals surface area contributed by atoms with Crippen LogP contribution in [0.2, 0.25) is 5.02 Å². The second kappa shape index (κ2) is 6.29. The molecule has 1 aromatic carbocycles. The number of hydrogen-bond acceptors (Lipinski definition) is 3. The van der Waals surface area contributed by atoms with Gasteiger partial charge in [-0.2, -0.15) is 0 Å². The molecule has 20 heavy (non-hydrogen) atoms. The topological polar surface area (TPSA) is 58.4 Å². The van der Waals surface area contributed by atoms with E-state index in [-0.39, 0.29) is 11.9 Å². The smallest absolute Gasteiger partial charge is 0.241 e. The number of halogens is 1. The van der Waals surface area contributed by atoms with Crippen LogP contribution >= 0.6 is 11.6 Å². The van der Waals surface area contributed by atoms with E-state index in [1.54, 1.807) is 18.2 Å². The maximum Gasteiger partial charge on any atom is 0.241 e. The van der Waals surface area contributed by atoms with Gasteiger partial charge < -0.3 is 11.1 Å². The third-order valence-electron chi connectivity index (χ3n) is 3.67. The van der Waals surface area contributed by atoms with Crippen LogP contribution in [0.15, 0.2) is 29.8 Å². The number of nitrogens with one attached hydrogen (secondary N) is 1. The highest BCUT2D eigenvalue weighted by Crippen LogP contribution is 2.23. The average Bonchev–Trinajstić information content (AvgIpc) is 2.42. The number of amides is 1. The highest BCUT2D eigenvalue weighted by molar-refractivity contribution is 6.31. The molecular formula is C15H20ClN3O. The van der Waals surface area contributed by atoms with Crippen LogP contribution in [0, 0.1) is 0 Å². The van der Waals surface area contributed by atoms with E-state index in [9.17, 15) is 4.79 Å². The lowest BCUT2D eigenvalue weighted by Crippen LogP contribution is -2.44. The van der Waals surface area contributed by atoms with E-state index in [0.29, 0.717) is 16.4 Å². The summed E-state index contributed by atoms with van der Waals surface area (Å²) in [7, 11) is 0. The first-order chi connectivity index (χ1) is 9.47. The van der Waals surface area contributed by atoms with Gasteiger partial charge in [-0.25, -0.2) is 0 Å². The minimum Gasteiger partial charge on any atom is -0.397 e. The molecule has 1 aromatic rings. The van der Waals surface area contributed by atoms with Crippen molar-refractivity contribution in [3.63, 3.8) is 0 Å². The van der Waals surface area contributed by atoms with Crippen molar-refractivity contribution in [2.24, 2.45) is 0 Å². The first-order valence-corrected chi connectivity index (χ1v) is 7.10. The second-order valence-corrected chi connectivity index (χ2v) is 5.63. The monoisotopic (exact) mass is 293 g/mol. The number of hydrogen-bond donors (Lipinski definition) is 2. The van der Waals surface area contributed by atoms with Gasteiger partial charge in [-0.1, -0.05) is 23.3 Å². The van der Waals surface area contributed by atoms with Crippen LogP contribution < -0.4 is 11.1 Å². The van der Waals surface area contributed by atoms with Crippen molar-refractivity contribution in [3.05, 3.63) is 34.9 Å². The molecule has 1 aliphatic heterocycles. The summed E-state index contributed by atoms with van der Waals surface area (Å²) in [6, 6.07) is 4.89. The van der Waals surface area contributed by atoms with E-state index in [1.165, 1.54) is 5.57 Å². The van der Waals surface area contributed by atoms with Crippen LogP contribution in [0.4, 0.5) is 11.4 Å². The lowest BCUT2D eigenvalue weighted by atomic mass is 10.1. The Labute approximate surface area is 124 Å². The second-order valence-electron chi connectivity index (χ2n) is 5.19. The van der Waals surface area contributed by atoms with Crippen LogP contribution in [0.3, 0.4) is 0 Å². The lowest BCUT2D eigenvalue weighted by Gasteiger charge is -2.30. The SMILES string of the molecule is CC1=CCN(C(C)C(=O)Nc2ccc(Cl)cc2N)CC1. The minimum absolute atomic E-state index is 0.0491. The molecule has 5 heteroatoms. The van der Waals surface area contributed by atoms with Crippen molar-refractivity contribution >= 4 is 28.9 Å². The first-order valence-electron chi connectivity index (χ1n) is 6.73. The number of nitrogens with zero attached hydrogens (tertiary/aromatic N) is 1. The lowest BCUT2D eigenvalue weighted by molar-refractivity contribution is -0.120. The number of anilines is 2. The van der Waals surface area contributed by atoms with Gasteiger partial charge in [-0.05, 0) is 38.5 Å². The Balaban J connectivity index is 2.01. The van der Waals surface area contributed by atoms with Gasteiger partial charge >= 0.3 is 0 Å². The number of carbonyl (C=O) groups is 1. The zero-order valence-corrected chi connectivity index (χ0v) is 12.6. The van der Waals surface area contributed by atoms with E-state index in [4.69, 9.17) is 17.3 Å².